The van der Waals surface area contributed by atoms with Crippen LogP contribution in [-0.2, 0) is 19.6 Å². The normalized spacial score (nSPS) is 23.4. The Balaban J connectivity index is 2.84. The van der Waals surface area contributed by atoms with E-state index in [0.29, 0.717) is 6.42 Å². The van der Waals surface area contributed by atoms with Crippen LogP contribution in [0.25, 0.3) is 0 Å². The third-order valence-corrected chi connectivity index (χ3v) is 4.15. The monoisotopic (exact) mass is 275 g/mol. The second-order valence-electron chi connectivity index (χ2n) is 3.67. The molecule has 0 aromatic carbocycles. The lowest BCUT2D eigenvalue weighted by Crippen LogP contribution is -2.47. The van der Waals surface area contributed by atoms with Gasteiger partial charge in [-0.1, -0.05) is 0 Å². The molecule has 0 amide bonds. The molecule has 0 bridgehead atoms. The highest BCUT2D eigenvalue weighted by atomic mass is 32.2. The zero-order valence-electron chi connectivity index (χ0n) is 9.03. The van der Waals surface area contributed by atoms with Crippen molar-refractivity contribution in [3.63, 3.8) is 0 Å². The van der Waals surface area contributed by atoms with Crippen molar-refractivity contribution in [2.75, 3.05) is 20.2 Å². The number of carbonyl (C=O) groups is 1. The number of ether oxygens (including phenoxy) is 1. The van der Waals surface area contributed by atoms with E-state index in [4.69, 9.17) is 0 Å². The van der Waals surface area contributed by atoms with Gasteiger partial charge in [-0.15, -0.1) is 0 Å². The van der Waals surface area contributed by atoms with Crippen LogP contribution in [0.5, 0.6) is 0 Å². The van der Waals surface area contributed by atoms with Crippen LogP contribution < -0.4 is 0 Å². The number of carbonyl (C=O) groups excluding carboxylic acids is 1. The fourth-order valence-electron chi connectivity index (χ4n) is 1.67. The Morgan fingerprint density at radius 2 is 2.00 bits per heavy atom. The Labute approximate surface area is 96.6 Å². The van der Waals surface area contributed by atoms with Gasteiger partial charge in [0.1, 0.15) is 0 Å². The van der Waals surface area contributed by atoms with Crippen molar-refractivity contribution in [2.45, 2.75) is 18.3 Å². The van der Waals surface area contributed by atoms with Gasteiger partial charge in [-0.2, -0.15) is 17.5 Å². The summed E-state index contributed by atoms with van der Waals surface area (Å²) in [5.74, 6) is -1.52. The van der Waals surface area contributed by atoms with Crippen LogP contribution in [0.4, 0.5) is 13.2 Å². The first-order valence-corrected chi connectivity index (χ1v) is 6.28. The van der Waals surface area contributed by atoms with Crippen LogP contribution in [0.1, 0.15) is 12.8 Å². The van der Waals surface area contributed by atoms with E-state index in [2.05, 4.69) is 4.74 Å². The Morgan fingerprint density at radius 1 is 1.41 bits per heavy atom. The smallest absolute Gasteiger partial charge is 0.469 e. The number of hydrogen-bond acceptors (Lipinski definition) is 4. The molecule has 1 rings (SSSR count). The first-order chi connectivity index (χ1) is 7.70. The number of nitrogens with zero attached hydrogens (tertiary/aromatic N) is 1. The number of piperidine rings is 1. The van der Waals surface area contributed by atoms with Crippen molar-refractivity contribution in [1.82, 2.24) is 4.31 Å². The zero-order valence-corrected chi connectivity index (χ0v) is 9.84. The second kappa shape index (κ2) is 4.81. The standard InChI is InChI=1S/C8H12F3NO4S/c1-16-7(13)6-3-2-4-12(5-6)17(14,15)8(9,10)11/h6H,2-5H2,1H3/t6-/m0/s1. The summed E-state index contributed by atoms with van der Waals surface area (Å²) in [5.41, 5.74) is -5.33. The minimum atomic E-state index is -5.35. The molecule has 1 aliphatic rings. The summed E-state index contributed by atoms with van der Waals surface area (Å²) in [6, 6.07) is 0. The largest absolute Gasteiger partial charge is 0.511 e. The molecule has 1 aliphatic heterocycles. The predicted molar refractivity (Wildman–Crippen MR) is 51.3 cm³/mol. The van der Waals surface area contributed by atoms with Crippen molar-refractivity contribution in [3.8, 4) is 0 Å². The third kappa shape index (κ3) is 2.89. The van der Waals surface area contributed by atoms with E-state index in [1.165, 1.54) is 0 Å². The molecule has 0 N–H and O–H groups in total. The topological polar surface area (TPSA) is 63.7 Å². The van der Waals surface area contributed by atoms with E-state index in [1.54, 1.807) is 0 Å². The molecule has 1 heterocycles. The van der Waals surface area contributed by atoms with E-state index in [0.717, 1.165) is 7.11 Å². The summed E-state index contributed by atoms with van der Waals surface area (Å²) in [5, 5.41) is 0. The van der Waals surface area contributed by atoms with Gasteiger partial charge in [-0.25, -0.2) is 8.42 Å². The quantitative estimate of drug-likeness (QED) is 0.697. The molecule has 1 atom stereocenters. The van der Waals surface area contributed by atoms with E-state index in [1.807, 2.05) is 0 Å². The van der Waals surface area contributed by atoms with Gasteiger partial charge in [-0.05, 0) is 12.8 Å². The highest BCUT2D eigenvalue weighted by Crippen LogP contribution is 2.30. The third-order valence-electron chi connectivity index (χ3n) is 2.55. The number of methoxy groups -OCH3 is 1. The van der Waals surface area contributed by atoms with Crippen LogP contribution in [0, 0.1) is 5.92 Å². The molecule has 1 saturated heterocycles. The van der Waals surface area contributed by atoms with Crippen molar-refractivity contribution >= 4 is 16.0 Å². The average molecular weight is 275 g/mol. The van der Waals surface area contributed by atoms with Crippen LogP contribution in [0.3, 0.4) is 0 Å². The van der Waals surface area contributed by atoms with Gasteiger partial charge >= 0.3 is 21.5 Å². The number of alkyl halides is 3. The first kappa shape index (κ1) is 14.2. The van der Waals surface area contributed by atoms with Gasteiger partial charge in [0.2, 0.25) is 0 Å². The highest BCUT2D eigenvalue weighted by Gasteiger charge is 2.51. The molecular weight excluding hydrogens is 263 g/mol. The van der Waals surface area contributed by atoms with Crippen LogP contribution in [0.15, 0.2) is 0 Å². The molecule has 0 radical (unpaired) electrons. The molecule has 5 nitrogen and oxygen atoms in total. The lowest BCUT2D eigenvalue weighted by molar-refractivity contribution is -0.146. The Bertz CT molecular complexity index is 392. The van der Waals surface area contributed by atoms with Crippen LogP contribution in [-0.4, -0.2) is 44.4 Å². The number of rotatable bonds is 2. The zero-order chi connectivity index (χ0) is 13.3. The minimum Gasteiger partial charge on any atom is -0.469 e. The molecule has 17 heavy (non-hydrogen) atoms. The number of hydrogen-bond donors (Lipinski definition) is 0. The predicted octanol–water partition coefficient (Wildman–Crippen LogP) is 0.721. The molecule has 9 heteroatoms. The Hall–Kier alpha value is -0.830. The SMILES string of the molecule is COC(=O)[C@H]1CCCN(S(=O)(=O)C(F)(F)F)C1. The lowest BCUT2D eigenvalue weighted by Gasteiger charge is -2.30. The van der Waals surface area contributed by atoms with E-state index in [9.17, 15) is 26.4 Å². The lowest BCUT2D eigenvalue weighted by atomic mass is 10.0. The molecule has 0 unspecified atom stereocenters. The van der Waals surface area contributed by atoms with E-state index >= 15 is 0 Å². The molecule has 0 aromatic heterocycles. The fourth-order valence-corrected chi connectivity index (χ4v) is 2.70. The van der Waals surface area contributed by atoms with Gasteiger partial charge in [0, 0.05) is 13.1 Å². The number of halogens is 3. The minimum absolute atomic E-state index is 0.203. The Kier molecular flexibility index (Phi) is 4.03. The van der Waals surface area contributed by atoms with E-state index in [-0.39, 0.29) is 17.3 Å². The Morgan fingerprint density at radius 3 is 2.47 bits per heavy atom. The van der Waals surface area contributed by atoms with Crippen molar-refractivity contribution in [2.24, 2.45) is 5.92 Å². The maximum absolute atomic E-state index is 12.3. The molecular formula is C8H12F3NO4S. The molecule has 0 aromatic rings. The molecule has 0 spiro atoms. The average Bonchev–Trinajstić information content (AvgIpc) is 2.26. The van der Waals surface area contributed by atoms with Gasteiger partial charge in [0.05, 0.1) is 13.0 Å². The van der Waals surface area contributed by atoms with Crippen LogP contribution >= 0.6 is 0 Å². The van der Waals surface area contributed by atoms with Gasteiger partial charge in [-0.3, -0.25) is 4.79 Å². The molecule has 100 valence electrons. The van der Waals surface area contributed by atoms with Crippen molar-refractivity contribution < 1.29 is 31.1 Å². The summed E-state index contributed by atoms with van der Waals surface area (Å²) >= 11 is 0. The van der Waals surface area contributed by atoms with Crippen molar-refractivity contribution in [1.29, 1.82) is 0 Å². The van der Waals surface area contributed by atoms with E-state index < -0.39 is 34.0 Å². The highest BCUT2D eigenvalue weighted by molar-refractivity contribution is 7.90. The number of sulfonamides is 1. The molecule has 0 aliphatic carbocycles. The maximum atomic E-state index is 12.3. The summed E-state index contributed by atoms with van der Waals surface area (Å²) in [4.78, 5) is 11.2. The molecule has 0 saturated carbocycles. The molecule has 1 fully saturated rings. The second-order valence-corrected chi connectivity index (χ2v) is 5.60. The first-order valence-electron chi connectivity index (χ1n) is 4.84. The maximum Gasteiger partial charge on any atom is 0.511 e. The van der Waals surface area contributed by atoms with Crippen LogP contribution in [0.2, 0.25) is 0 Å². The summed E-state index contributed by atoms with van der Waals surface area (Å²) in [6.07, 6.45) is 0.533. The summed E-state index contributed by atoms with van der Waals surface area (Å²) in [7, 11) is -4.24. The van der Waals surface area contributed by atoms with Gasteiger partial charge in [0.15, 0.2) is 0 Å². The number of esters is 1. The van der Waals surface area contributed by atoms with Gasteiger partial charge < -0.3 is 4.74 Å². The van der Waals surface area contributed by atoms with Crippen molar-refractivity contribution in [3.05, 3.63) is 0 Å². The van der Waals surface area contributed by atoms with Gasteiger partial charge in [0.25, 0.3) is 0 Å². The fraction of sp³-hybridized carbons (Fsp3) is 0.875. The summed E-state index contributed by atoms with van der Waals surface area (Å²) < 4.78 is 63.8. The summed E-state index contributed by atoms with van der Waals surface area (Å²) in [6.45, 7) is -0.705.